The summed E-state index contributed by atoms with van der Waals surface area (Å²) in [6.45, 7) is 4.78. The van der Waals surface area contributed by atoms with E-state index in [1.54, 1.807) is 0 Å². The molecule has 0 aliphatic heterocycles. The molecule has 9 nitrogen and oxygen atoms in total. The molecule has 0 aliphatic carbocycles. The average molecular weight is 1110 g/mol. The number of carboxylic acids is 1. The molecule has 0 bridgehead atoms. The number of carbonyl (C=O) groups excluding carboxylic acids is 2. The summed E-state index contributed by atoms with van der Waals surface area (Å²) in [7, 11) is 5.97. The van der Waals surface area contributed by atoms with Gasteiger partial charge >= 0.3 is 17.9 Å². The van der Waals surface area contributed by atoms with Crippen LogP contribution in [0.4, 0.5) is 0 Å². The van der Waals surface area contributed by atoms with Crippen LogP contribution in [-0.4, -0.2) is 87.4 Å². The molecule has 0 saturated heterocycles. The van der Waals surface area contributed by atoms with Gasteiger partial charge in [-0.2, -0.15) is 0 Å². The Hall–Kier alpha value is -3.79. The Bertz CT molecular complexity index is 1620. The van der Waals surface area contributed by atoms with Crippen LogP contribution in [0.3, 0.4) is 0 Å². The standard InChI is InChI=1S/C70H121NO8/c1-6-8-10-12-14-16-18-20-22-24-26-28-29-30-31-32-33-34-35-36-37-38-39-41-43-45-47-49-51-53-55-57-59-61-68(73)79-66(65-78-70(69(74)75)76-63-62-71(3,4)5)64-77-67(72)60-58-56-54-52-50-48-46-44-42-40-27-25-23-21-19-17-15-13-11-9-7-2/h8,10,14,16,20,22,26,28,30-31,33-34,36-37,39,41,66,70H,6-7,9,11-13,15,17-19,21,23-25,27,29,32,35,38,40,42-65H2,1-5H3/p+1/b10-8-,16-14-,22-20-,28-26-,31-30-,34-33-,37-36-,41-39-. The molecule has 2 unspecified atom stereocenters. The van der Waals surface area contributed by atoms with Crippen molar-refractivity contribution in [3.63, 3.8) is 0 Å². The normalized spacial score (nSPS) is 13.4. The number of carbonyl (C=O) groups is 3. The highest BCUT2D eigenvalue weighted by atomic mass is 16.7. The van der Waals surface area contributed by atoms with Crippen molar-refractivity contribution < 1.29 is 42.9 Å². The van der Waals surface area contributed by atoms with E-state index in [1.165, 1.54) is 141 Å². The van der Waals surface area contributed by atoms with Gasteiger partial charge in [-0.25, -0.2) is 4.79 Å². The van der Waals surface area contributed by atoms with Crippen molar-refractivity contribution in [2.24, 2.45) is 0 Å². The molecule has 0 radical (unpaired) electrons. The lowest BCUT2D eigenvalue weighted by Gasteiger charge is -2.25. The zero-order valence-electron chi connectivity index (χ0n) is 51.8. The minimum absolute atomic E-state index is 0.183. The third kappa shape index (κ3) is 61.7. The molecule has 1 N–H and O–H groups in total. The van der Waals surface area contributed by atoms with Crippen molar-refractivity contribution in [2.45, 2.75) is 283 Å². The van der Waals surface area contributed by atoms with Crippen LogP contribution in [0.15, 0.2) is 97.2 Å². The fraction of sp³-hybridized carbons (Fsp3) is 0.729. The Labute approximate surface area is 486 Å². The Morgan fingerprint density at radius 3 is 1.08 bits per heavy atom. The van der Waals surface area contributed by atoms with E-state index in [0.717, 1.165) is 96.3 Å². The molecule has 0 aromatic rings. The van der Waals surface area contributed by atoms with Gasteiger partial charge in [0.2, 0.25) is 0 Å². The van der Waals surface area contributed by atoms with E-state index < -0.39 is 24.3 Å². The number of aliphatic carboxylic acids is 1. The molecule has 2 atom stereocenters. The molecule has 79 heavy (non-hydrogen) atoms. The number of unbranched alkanes of at least 4 members (excludes halogenated alkanes) is 28. The summed E-state index contributed by atoms with van der Waals surface area (Å²) in [4.78, 5) is 37.5. The third-order valence-electron chi connectivity index (χ3n) is 13.9. The van der Waals surface area contributed by atoms with E-state index >= 15 is 0 Å². The first-order valence-corrected chi connectivity index (χ1v) is 32.4. The summed E-state index contributed by atoms with van der Waals surface area (Å²) < 4.78 is 22.9. The van der Waals surface area contributed by atoms with E-state index in [0.29, 0.717) is 23.9 Å². The first kappa shape index (κ1) is 75.2. The van der Waals surface area contributed by atoms with Crippen molar-refractivity contribution in [3.8, 4) is 0 Å². The Balaban J connectivity index is 4.21. The SMILES string of the molecule is CC/C=C\C/C=C\C/C=C\C/C=C\C/C=C\C/C=C\C/C=C\C/C=C\CCCCCCCCCCC(=O)OC(COC(=O)CCCCCCCCCCCCCCCCCCCCCCC)COC(OCC[N+](C)(C)C)C(=O)O. The fourth-order valence-electron chi connectivity index (χ4n) is 8.91. The quantitative estimate of drug-likeness (QED) is 0.0211. The highest BCUT2D eigenvalue weighted by Gasteiger charge is 2.25. The topological polar surface area (TPSA) is 108 Å². The predicted molar refractivity (Wildman–Crippen MR) is 336 cm³/mol. The summed E-state index contributed by atoms with van der Waals surface area (Å²) in [6, 6.07) is 0. The van der Waals surface area contributed by atoms with Gasteiger partial charge in [0.05, 0.1) is 34.4 Å². The molecule has 0 aromatic carbocycles. The van der Waals surface area contributed by atoms with Crippen LogP contribution in [0.2, 0.25) is 0 Å². The van der Waals surface area contributed by atoms with Gasteiger partial charge in [0.25, 0.3) is 6.29 Å². The van der Waals surface area contributed by atoms with Gasteiger partial charge in [-0.05, 0) is 77.0 Å². The highest BCUT2D eigenvalue weighted by molar-refractivity contribution is 5.71. The first-order valence-electron chi connectivity index (χ1n) is 32.4. The van der Waals surface area contributed by atoms with E-state index in [9.17, 15) is 19.5 Å². The van der Waals surface area contributed by atoms with Gasteiger partial charge in [0, 0.05) is 12.8 Å². The van der Waals surface area contributed by atoms with Gasteiger partial charge < -0.3 is 28.5 Å². The number of hydrogen-bond donors (Lipinski definition) is 1. The maximum absolute atomic E-state index is 12.9. The highest BCUT2D eigenvalue weighted by Crippen LogP contribution is 2.17. The van der Waals surface area contributed by atoms with Crippen molar-refractivity contribution in [1.82, 2.24) is 0 Å². The van der Waals surface area contributed by atoms with Crippen molar-refractivity contribution in [2.75, 3.05) is 47.5 Å². The Kier molecular flexibility index (Phi) is 57.4. The predicted octanol–water partition coefficient (Wildman–Crippen LogP) is 19.7. The number of carboxylic acid groups (broad SMARTS) is 1. The van der Waals surface area contributed by atoms with Crippen molar-refractivity contribution in [1.29, 1.82) is 0 Å². The zero-order valence-corrected chi connectivity index (χ0v) is 51.8. The lowest BCUT2D eigenvalue weighted by Crippen LogP contribution is -2.40. The summed E-state index contributed by atoms with van der Waals surface area (Å²) in [6.07, 6.45) is 79.2. The lowest BCUT2D eigenvalue weighted by molar-refractivity contribution is -0.870. The van der Waals surface area contributed by atoms with E-state index in [4.69, 9.17) is 18.9 Å². The molecular weight excluding hydrogens is 983 g/mol. The minimum atomic E-state index is -1.52. The maximum atomic E-state index is 12.9. The summed E-state index contributed by atoms with van der Waals surface area (Å²) in [5, 5.41) is 9.73. The number of likely N-dealkylation sites (N-methyl/N-ethyl adjacent to an activating group) is 1. The van der Waals surface area contributed by atoms with Crippen molar-refractivity contribution in [3.05, 3.63) is 97.2 Å². The number of ether oxygens (including phenoxy) is 4. The number of rotatable bonds is 59. The minimum Gasteiger partial charge on any atom is -0.477 e. The van der Waals surface area contributed by atoms with Gasteiger partial charge in [-0.15, -0.1) is 0 Å². The molecule has 454 valence electrons. The second-order valence-electron chi connectivity index (χ2n) is 22.7. The van der Waals surface area contributed by atoms with Crippen LogP contribution in [-0.2, 0) is 33.3 Å². The van der Waals surface area contributed by atoms with E-state index in [2.05, 4.69) is 111 Å². The number of quaternary nitrogens is 1. The second kappa shape index (κ2) is 60.3. The van der Waals surface area contributed by atoms with E-state index in [-0.39, 0.29) is 32.2 Å². The summed E-state index contributed by atoms with van der Waals surface area (Å²) in [5.41, 5.74) is 0. The lowest BCUT2D eigenvalue weighted by atomic mass is 10.0. The van der Waals surface area contributed by atoms with Crippen LogP contribution in [0, 0.1) is 0 Å². The molecule has 0 spiro atoms. The Morgan fingerprint density at radius 1 is 0.392 bits per heavy atom. The van der Waals surface area contributed by atoms with Crippen molar-refractivity contribution >= 4 is 17.9 Å². The second-order valence-corrected chi connectivity index (χ2v) is 22.7. The molecule has 0 heterocycles. The van der Waals surface area contributed by atoms with Gasteiger partial charge in [0.1, 0.15) is 13.2 Å². The molecule has 0 rings (SSSR count). The van der Waals surface area contributed by atoms with E-state index in [1.807, 2.05) is 21.1 Å². The maximum Gasteiger partial charge on any atom is 0.361 e. The smallest absolute Gasteiger partial charge is 0.361 e. The number of allylic oxidation sites excluding steroid dienone is 16. The van der Waals surface area contributed by atoms with Gasteiger partial charge in [0.15, 0.2) is 6.10 Å². The van der Waals surface area contributed by atoms with Crippen LogP contribution >= 0.6 is 0 Å². The van der Waals surface area contributed by atoms with Crippen LogP contribution in [0.1, 0.15) is 271 Å². The fourth-order valence-corrected chi connectivity index (χ4v) is 8.91. The Morgan fingerprint density at radius 2 is 0.722 bits per heavy atom. The summed E-state index contributed by atoms with van der Waals surface area (Å²) >= 11 is 0. The average Bonchev–Trinajstić information content (AvgIpc) is 3.42. The monoisotopic (exact) mass is 1100 g/mol. The molecule has 0 aromatic heterocycles. The molecule has 0 amide bonds. The molecular formula is C70H122NO8+. The molecule has 0 saturated carbocycles. The van der Waals surface area contributed by atoms with Crippen LogP contribution in [0.5, 0.6) is 0 Å². The molecule has 0 fully saturated rings. The summed E-state index contributed by atoms with van der Waals surface area (Å²) in [5.74, 6) is -2.01. The zero-order chi connectivity index (χ0) is 57.6. The molecule has 9 heteroatoms. The van der Waals surface area contributed by atoms with Crippen LogP contribution in [0.25, 0.3) is 0 Å². The molecule has 0 aliphatic rings. The third-order valence-corrected chi connectivity index (χ3v) is 13.9. The van der Waals surface area contributed by atoms with Crippen LogP contribution < -0.4 is 0 Å². The van der Waals surface area contributed by atoms with Gasteiger partial charge in [-0.3, -0.25) is 9.59 Å². The van der Waals surface area contributed by atoms with Gasteiger partial charge in [-0.1, -0.05) is 278 Å². The number of esters is 2. The number of hydrogen-bond acceptors (Lipinski definition) is 7. The number of nitrogens with zero attached hydrogens (tertiary/aromatic N) is 1. The largest absolute Gasteiger partial charge is 0.477 e. The first-order chi connectivity index (χ1) is 38.6.